The van der Waals surface area contributed by atoms with E-state index in [1.54, 1.807) is 24.3 Å². The van der Waals surface area contributed by atoms with Gasteiger partial charge in [0.05, 0.1) is 30.7 Å². The van der Waals surface area contributed by atoms with Crippen molar-refractivity contribution in [2.75, 3.05) is 14.2 Å². The van der Waals surface area contributed by atoms with Crippen LogP contribution in [-0.4, -0.2) is 37.6 Å². The van der Waals surface area contributed by atoms with Crippen LogP contribution in [0.1, 0.15) is 52.5 Å². The summed E-state index contributed by atoms with van der Waals surface area (Å²) in [5.74, 6) is -4.01. The van der Waals surface area contributed by atoms with Crippen molar-refractivity contribution in [2.24, 2.45) is 16.3 Å². The number of aliphatic imine (C=N–C) groups is 1. The summed E-state index contributed by atoms with van der Waals surface area (Å²) in [6.45, 7) is 10.1. The van der Waals surface area contributed by atoms with Gasteiger partial charge in [-0.3, -0.25) is 9.59 Å². The Morgan fingerprint density at radius 1 is 1.00 bits per heavy atom. The van der Waals surface area contributed by atoms with Crippen LogP contribution in [-0.2, 0) is 19.1 Å². The minimum absolute atomic E-state index is 0.00440. The zero-order chi connectivity index (χ0) is 23.8. The van der Waals surface area contributed by atoms with Crippen molar-refractivity contribution < 1.29 is 28.2 Å². The van der Waals surface area contributed by atoms with Crippen LogP contribution in [0.2, 0.25) is 0 Å². The Bertz CT molecular complexity index is 1140. The van der Waals surface area contributed by atoms with Crippen molar-refractivity contribution in [1.29, 1.82) is 0 Å². The van der Waals surface area contributed by atoms with E-state index >= 15 is 0 Å². The van der Waals surface area contributed by atoms with Crippen LogP contribution in [0.5, 0.6) is 5.75 Å². The first-order chi connectivity index (χ1) is 14.9. The van der Waals surface area contributed by atoms with E-state index in [1.165, 1.54) is 14.2 Å². The minimum Gasteiger partial charge on any atom is -0.469 e. The molecule has 0 N–H and O–H groups in total. The zero-order valence-corrected chi connectivity index (χ0v) is 19.5. The molecule has 1 aromatic heterocycles. The normalized spacial score (nSPS) is 19.9. The summed E-state index contributed by atoms with van der Waals surface area (Å²) >= 11 is 0. The van der Waals surface area contributed by atoms with E-state index in [0.29, 0.717) is 17.4 Å². The number of fused-ring (bicyclic) bond motifs is 3. The molecular weight excluding hydrogens is 414 g/mol. The van der Waals surface area contributed by atoms with Crippen LogP contribution >= 0.6 is 0 Å². The third-order valence-electron chi connectivity index (χ3n) is 5.20. The van der Waals surface area contributed by atoms with Gasteiger partial charge in [0.1, 0.15) is 11.5 Å². The van der Waals surface area contributed by atoms with Crippen molar-refractivity contribution in [3.05, 3.63) is 40.2 Å². The highest BCUT2D eigenvalue weighted by Gasteiger charge is 2.50. The number of hydrogen-bond donors (Lipinski definition) is 0. The second-order valence-electron chi connectivity index (χ2n) is 9.73. The molecule has 0 radical (unpaired) electrons. The highest BCUT2D eigenvalue weighted by Crippen LogP contribution is 2.42. The molecule has 3 rings (SSSR count). The van der Waals surface area contributed by atoms with Gasteiger partial charge in [-0.25, -0.2) is 9.79 Å². The number of para-hydroxylation sites is 1. The molecule has 1 aliphatic heterocycles. The van der Waals surface area contributed by atoms with Gasteiger partial charge in [0, 0.05) is 0 Å². The number of methoxy groups -OCH3 is 2. The van der Waals surface area contributed by atoms with Crippen molar-refractivity contribution in [3.8, 4) is 5.75 Å². The number of carbonyl (C=O) groups is 2. The molecule has 0 amide bonds. The maximum absolute atomic E-state index is 12.9. The second kappa shape index (κ2) is 8.41. The minimum atomic E-state index is -1.32. The molecule has 172 valence electrons. The van der Waals surface area contributed by atoms with E-state index in [1.807, 2.05) is 13.8 Å². The number of ether oxygens (including phenoxy) is 3. The molecule has 1 aromatic carbocycles. The summed E-state index contributed by atoms with van der Waals surface area (Å²) in [7, 11) is 2.39. The average molecular weight is 443 g/mol. The van der Waals surface area contributed by atoms with Crippen LogP contribution in [0.25, 0.3) is 11.0 Å². The molecule has 0 aliphatic carbocycles. The highest BCUT2D eigenvalue weighted by molar-refractivity contribution is 6.07. The highest BCUT2D eigenvalue weighted by atomic mass is 16.5. The molecule has 0 fully saturated rings. The maximum Gasteiger partial charge on any atom is 0.344 e. The Morgan fingerprint density at radius 2 is 1.59 bits per heavy atom. The third kappa shape index (κ3) is 4.54. The molecule has 0 saturated carbocycles. The predicted molar refractivity (Wildman–Crippen MR) is 119 cm³/mol. The van der Waals surface area contributed by atoms with Crippen molar-refractivity contribution in [1.82, 2.24) is 0 Å². The first-order valence-electron chi connectivity index (χ1n) is 10.4. The van der Waals surface area contributed by atoms with Crippen LogP contribution in [0.4, 0.5) is 0 Å². The number of benzene rings is 1. The molecule has 1 aliphatic rings. The standard InChI is InChI=1S/C24H29NO7/c1-23(2,3)12-24(4,5)25-19-17(21(27)30-7)15(20(26)29-6)16-18(32-19)13-10-8-9-11-14(13)31-22(16)28/h8-11,15,17H,12H2,1-7H3. The number of carbonyl (C=O) groups excluding carboxylic acids is 2. The number of rotatable bonds is 4. The lowest BCUT2D eigenvalue weighted by atomic mass is 9.80. The Kier molecular flexibility index (Phi) is 6.18. The van der Waals surface area contributed by atoms with E-state index in [9.17, 15) is 14.4 Å². The smallest absolute Gasteiger partial charge is 0.344 e. The fourth-order valence-electron chi connectivity index (χ4n) is 4.46. The van der Waals surface area contributed by atoms with Gasteiger partial charge in [-0.2, -0.15) is 0 Å². The quantitative estimate of drug-likeness (QED) is 0.522. The average Bonchev–Trinajstić information content (AvgIpc) is 2.69. The lowest BCUT2D eigenvalue weighted by Crippen LogP contribution is -2.45. The summed E-state index contributed by atoms with van der Waals surface area (Å²) in [6.07, 6.45) is 0.675. The third-order valence-corrected chi connectivity index (χ3v) is 5.20. The zero-order valence-electron chi connectivity index (χ0n) is 19.5. The van der Waals surface area contributed by atoms with E-state index in [2.05, 4.69) is 20.8 Å². The summed E-state index contributed by atoms with van der Waals surface area (Å²) in [5, 5.41) is 0.487. The first kappa shape index (κ1) is 23.5. The van der Waals surface area contributed by atoms with Gasteiger partial charge in [0.25, 0.3) is 0 Å². The Balaban J connectivity index is 2.33. The van der Waals surface area contributed by atoms with Gasteiger partial charge in [0.15, 0.2) is 11.7 Å². The fraction of sp³-hybridized carbons (Fsp3) is 0.500. The second-order valence-corrected chi connectivity index (χ2v) is 9.73. The van der Waals surface area contributed by atoms with Crippen LogP contribution in [0, 0.1) is 11.3 Å². The summed E-state index contributed by atoms with van der Waals surface area (Å²) in [4.78, 5) is 43.4. The topological polar surface area (TPSA) is 104 Å². The molecule has 2 atom stereocenters. The predicted octanol–water partition coefficient (Wildman–Crippen LogP) is 3.84. The van der Waals surface area contributed by atoms with E-state index < -0.39 is 34.9 Å². The fourth-order valence-corrected chi connectivity index (χ4v) is 4.46. The van der Waals surface area contributed by atoms with Crippen LogP contribution in [0.15, 0.2) is 38.5 Å². The summed E-state index contributed by atoms with van der Waals surface area (Å²) in [5.41, 5.74) is -1.26. The first-order valence-corrected chi connectivity index (χ1v) is 10.4. The maximum atomic E-state index is 12.9. The van der Waals surface area contributed by atoms with E-state index in [-0.39, 0.29) is 22.6 Å². The van der Waals surface area contributed by atoms with Gasteiger partial charge in [-0.1, -0.05) is 32.9 Å². The molecule has 0 spiro atoms. The van der Waals surface area contributed by atoms with Gasteiger partial charge < -0.3 is 18.6 Å². The Labute approximate surface area is 186 Å². The summed E-state index contributed by atoms with van der Waals surface area (Å²) < 4.78 is 21.5. The van der Waals surface area contributed by atoms with Gasteiger partial charge in [0.2, 0.25) is 5.90 Å². The molecule has 2 heterocycles. The largest absolute Gasteiger partial charge is 0.469 e. The summed E-state index contributed by atoms with van der Waals surface area (Å²) in [6, 6.07) is 6.81. The van der Waals surface area contributed by atoms with Gasteiger partial charge in [-0.15, -0.1) is 0 Å². The van der Waals surface area contributed by atoms with Crippen molar-refractivity contribution in [3.63, 3.8) is 0 Å². The number of nitrogens with zero attached hydrogens (tertiary/aromatic N) is 1. The van der Waals surface area contributed by atoms with E-state index in [0.717, 1.165) is 0 Å². The van der Waals surface area contributed by atoms with Crippen LogP contribution in [0.3, 0.4) is 0 Å². The monoisotopic (exact) mass is 443 g/mol. The van der Waals surface area contributed by atoms with Crippen molar-refractivity contribution in [2.45, 2.75) is 52.5 Å². The SMILES string of the molecule is COC(=O)C1C(=NC(C)(C)CC(C)(C)C)Oc2c(c(=O)oc3ccccc23)C1C(=O)OC. The lowest BCUT2D eigenvalue weighted by molar-refractivity contribution is -0.152. The molecule has 8 heteroatoms. The molecular formula is C24H29NO7. The van der Waals surface area contributed by atoms with Crippen LogP contribution < -0.4 is 10.4 Å². The Hall–Kier alpha value is -3.16. The number of hydrogen-bond acceptors (Lipinski definition) is 8. The molecule has 8 nitrogen and oxygen atoms in total. The van der Waals surface area contributed by atoms with Gasteiger partial charge >= 0.3 is 17.6 Å². The Morgan fingerprint density at radius 3 is 2.19 bits per heavy atom. The van der Waals surface area contributed by atoms with E-state index in [4.69, 9.17) is 23.6 Å². The van der Waals surface area contributed by atoms with Crippen molar-refractivity contribution >= 4 is 28.8 Å². The molecule has 0 bridgehead atoms. The lowest BCUT2D eigenvalue weighted by Gasteiger charge is -2.34. The van der Waals surface area contributed by atoms with Gasteiger partial charge in [-0.05, 0) is 37.8 Å². The number of esters is 2. The molecule has 32 heavy (non-hydrogen) atoms. The molecule has 0 saturated heterocycles. The molecule has 2 unspecified atom stereocenters. The molecule has 2 aromatic rings.